The van der Waals surface area contributed by atoms with Crippen LogP contribution in [0.15, 0.2) is 48.5 Å². The van der Waals surface area contributed by atoms with E-state index in [1.165, 1.54) is 56.2 Å². The minimum atomic E-state index is -3.70. The average molecular weight is 403 g/mol. The fraction of sp³-hybridized carbons (Fsp3) is 0.417. The second-order valence-corrected chi connectivity index (χ2v) is 7.89. The van der Waals surface area contributed by atoms with E-state index >= 15 is 0 Å². The summed E-state index contributed by atoms with van der Waals surface area (Å²) in [5, 5.41) is 0. The van der Waals surface area contributed by atoms with Crippen molar-refractivity contribution in [1.29, 1.82) is 0 Å². The lowest BCUT2D eigenvalue weighted by molar-refractivity contribution is -0.0964. The smallest absolute Gasteiger partial charge is 0.420 e. The zero-order valence-corrected chi connectivity index (χ0v) is 16.8. The molecule has 0 bridgehead atoms. The molecule has 0 radical (unpaired) electrons. The van der Waals surface area contributed by atoms with Gasteiger partial charge in [0.25, 0.3) is 0 Å². The summed E-state index contributed by atoms with van der Waals surface area (Å²) in [5.41, 5.74) is -0.631. The van der Waals surface area contributed by atoms with Crippen LogP contribution in [0.4, 0.5) is 8.78 Å². The van der Waals surface area contributed by atoms with Gasteiger partial charge in [0.2, 0.25) is 0 Å². The van der Waals surface area contributed by atoms with Gasteiger partial charge in [-0.2, -0.15) is 0 Å². The highest BCUT2D eigenvalue weighted by atomic mass is 35.5. The Kier molecular flexibility index (Phi) is 6.97. The number of rotatable bonds is 5. The Morgan fingerprint density at radius 3 is 1.96 bits per heavy atom. The molecule has 1 saturated carbocycles. The summed E-state index contributed by atoms with van der Waals surface area (Å²) in [7, 11) is 0. The molecule has 1 aliphatic rings. The number of halogens is 3. The van der Waals surface area contributed by atoms with Crippen LogP contribution in [0, 0.1) is 17.8 Å². The molecule has 0 aromatic heterocycles. The van der Waals surface area contributed by atoms with Gasteiger partial charge in [0.15, 0.2) is 0 Å². The largest absolute Gasteiger partial charge is 0.487 e. The van der Waals surface area contributed by atoms with Gasteiger partial charge in [-0.05, 0) is 79.5 Å². The van der Waals surface area contributed by atoms with Gasteiger partial charge in [-0.3, -0.25) is 0 Å². The molecule has 3 rings (SSSR count). The highest BCUT2D eigenvalue weighted by molar-refractivity contribution is 6.20. The van der Waals surface area contributed by atoms with Crippen molar-refractivity contribution < 1.29 is 13.5 Å². The van der Waals surface area contributed by atoms with Crippen molar-refractivity contribution in [2.45, 2.75) is 56.9 Å². The Bertz CT molecular complexity index is 805. The molecule has 28 heavy (non-hydrogen) atoms. The molecule has 0 N–H and O–H groups in total. The maximum Gasteiger partial charge on any atom is 0.487 e. The Hall–Kier alpha value is -2.05. The van der Waals surface area contributed by atoms with Crippen LogP contribution in [0.3, 0.4) is 0 Å². The fourth-order valence-corrected chi connectivity index (χ4v) is 4.00. The molecule has 0 aliphatic heterocycles. The third-order valence-electron chi connectivity index (χ3n) is 5.36. The molecule has 0 unspecified atom stereocenters. The number of benzene rings is 2. The Morgan fingerprint density at radius 2 is 1.46 bits per heavy atom. The van der Waals surface area contributed by atoms with Gasteiger partial charge in [0, 0.05) is 22.7 Å². The molecule has 1 nitrogen and oxygen atoms in total. The lowest BCUT2D eigenvalue weighted by atomic mass is 9.77. The van der Waals surface area contributed by atoms with Crippen molar-refractivity contribution in [3.05, 3.63) is 65.2 Å². The van der Waals surface area contributed by atoms with Crippen molar-refractivity contribution in [1.82, 2.24) is 0 Å². The molecule has 148 valence electrons. The Labute approximate surface area is 171 Å². The lowest BCUT2D eigenvalue weighted by Crippen LogP contribution is -2.15. The average Bonchev–Trinajstić information content (AvgIpc) is 2.68. The molecule has 0 heterocycles. The monoisotopic (exact) mass is 402 g/mol. The van der Waals surface area contributed by atoms with Crippen LogP contribution in [0.2, 0.25) is 0 Å². The molecule has 0 atom stereocenters. The number of alkyl halides is 3. The zero-order chi connectivity index (χ0) is 20.0. The van der Waals surface area contributed by atoms with Crippen LogP contribution in [0.25, 0.3) is 0 Å². The van der Waals surface area contributed by atoms with Crippen LogP contribution in [0.1, 0.15) is 68.1 Å². The van der Waals surface area contributed by atoms with Gasteiger partial charge in [0.1, 0.15) is 5.75 Å². The van der Waals surface area contributed by atoms with Gasteiger partial charge in [-0.1, -0.05) is 43.7 Å². The van der Waals surface area contributed by atoms with Crippen LogP contribution < -0.4 is 4.74 Å². The SMILES string of the molecule is CCCC1CCC(c2ccc(C#Cc3ccc(OC(F)(F)Cl)cc3)cc2)CC1. The van der Waals surface area contributed by atoms with Crippen LogP contribution in [0.5, 0.6) is 5.75 Å². The van der Waals surface area contributed by atoms with Crippen molar-refractivity contribution in [3.63, 3.8) is 0 Å². The quantitative estimate of drug-likeness (QED) is 0.375. The van der Waals surface area contributed by atoms with Crippen LogP contribution >= 0.6 is 11.6 Å². The van der Waals surface area contributed by atoms with E-state index in [0.29, 0.717) is 5.92 Å². The number of ether oxygens (including phenoxy) is 1. The van der Waals surface area contributed by atoms with Crippen molar-refractivity contribution in [2.75, 3.05) is 0 Å². The predicted octanol–water partition coefficient (Wildman–Crippen LogP) is 7.33. The Balaban J connectivity index is 1.58. The first-order chi connectivity index (χ1) is 13.4. The van der Waals surface area contributed by atoms with Crippen molar-refractivity contribution in [3.8, 4) is 17.6 Å². The molecule has 0 amide bonds. The van der Waals surface area contributed by atoms with Gasteiger partial charge >= 0.3 is 5.57 Å². The van der Waals surface area contributed by atoms with Gasteiger partial charge in [-0.25, -0.2) is 0 Å². The third kappa shape index (κ3) is 6.24. The first-order valence-corrected chi connectivity index (χ1v) is 10.3. The summed E-state index contributed by atoms with van der Waals surface area (Å²) < 4.78 is 29.5. The van der Waals surface area contributed by atoms with Crippen molar-refractivity contribution >= 4 is 11.6 Å². The first kappa shape index (κ1) is 20.7. The van der Waals surface area contributed by atoms with E-state index in [2.05, 4.69) is 47.8 Å². The molecule has 2 aromatic carbocycles. The van der Waals surface area contributed by atoms with Gasteiger partial charge in [-0.15, -0.1) is 8.78 Å². The summed E-state index contributed by atoms with van der Waals surface area (Å²) in [6, 6.07) is 14.6. The highest BCUT2D eigenvalue weighted by Crippen LogP contribution is 2.37. The van der Waals surface area contributed by atoms with E-state index in [1.807, 2.05) is 0 Å². The normalized spacial score (nSPS) is 19.6. The van der Waals surface area contributed by atoms with Crippen LogP contribution in [-0.2, 0) is 0 Å². The minimum Gasteiger partial charge on any atom is -0.420 e. The molecular formula is C24H25ClF2O. The zero-order valence-electron chi connectivity index (χ0n) is 16.1. The van der Waals surface area contributed by atoms with E-state index in [9.17, 15) is 8.78 Å². The summed E-state index contributed by atoms with van der Waals surface area (Å²) in [4.78, 5) is 0. The number of hydrogen-bond donors (Lipinski definition) is 0. The summed E-state index contributed by atoms with van der Waals surface area (Å²) in [6.45, 7) is 2.27. The highest BCUT2D eigenvalue weighted by Gasteiger charge is 2.27. The van der Waals surface area contributed by atoms with E-state index in [0.717, 1.165) is 17.0 Å². The molecule has 4 heteroatoms. The van der Waals surface area contributed by atoms with Gasteiger partial charge < -0.3 is 4.74 Å². The second-order valence-electron chi connectivity index (χ2n) is 7.45. The number of hydrogen-bond acceptors (Lipinski definition) is 1. The standard InChI is InChI=1S/C24H25ClF2O/c1-2-3-18-6-12-21(13-7-18)22-14-8-19(9-15-22)4-5-20-10-16-23(17-11-20)28-24(25,26)27/h8-11,14-18,21H,2-3,6-7,12-13H2,1H3. The first-order valence-electron chi connectivity index (χ1n) is 9.90. The summed E-state index contributed by atoms with van der Waals surface area (Å²) in [5.74, 6) is 7.75. The lowest BCUT2D eigenvalue weighted by Gasteiger charge is -2.28. The maximum atomic E-state index is 12.6. The molecule has 1 aliphatic carbocycles. The Morgan fingerprint density at radius 1 is 0.929 bits per heavy atom. The molecular weight excluding hydrogens is 378 g/mol. The van der Waals surface area contributed by atoms with E-state index in [-0.39, 0.29) is 5.75 Å². The predicted molar refractivity (Wildman–Crippen MR) is 110 cm³/mol. The summed E-state index contributed by atoms with van der Waals surface area (Å²) in [6.07, 6.45) is 7.90. The van der Waals surface area contributed by atoms with Gasteiger partial charge in [0.05, 0.1) is 0 Å². The van der Waals surface area contributed by atoms with E-state index in [4.69, 9.17) is 11.6 Å². The fourth-order valence-electron chi connectivity index (χ4n) is 3.92. The summed E-state index contributed by atoms with van der Waals surface area (Å²) >= 11 is 4.76. The topological polar surface area (TPSA) is 9.23 Å². The molecule has 1 fully saturated rings. The minimum absolute atomic E-state index is 0.00330. The van der Waals surface area contributed by atoms with Crippen molar-refractivity contribution in [2.24, 2.45) is 5.92 Å². The molecule has 0 spiro atoms. The van der Waals surface area contributed by atoms with E-state index < -0.39 is 5.57 Å². The van der Waals surface area contributed by atoms with E-state index in [1.54, 1.807) is 12.1 Å². The third-order valence-corrected chi connectivity index (χ3v) is 5.44. The molecule has 2 aromatic rings. The maximum absolute atomic E-state index is 12.6. The second kappa shape index (κ2) is 9.43. The van der Waals surface area contributed by atoms with Crippen LogP contribution in [-0.4, -0.2) is 5.57 Å². The molecule has 0 saturated heterocycles.